The lowest BCUT2D eigenvalue weighted by Gasteiger charge is -2.41. The third-order valence-corrected chi connectivity index (χ3v) is 4.99. The summed E-state index contributed by atoms with van der Waals surface area (Å²) in [4.78, 5) is 2.79. The van der Waals surface area contributed by atoms with Crippen molar-refractivity contribution in [1.29, 1.82) is 0 Å². The molecule has 2 nitrogen and oxygen atoms in total. The second-order valence-electron chi connectivity index (χ2n) is 7.37. The SMILES string of the molecule is CC(C)CC1CN(CCc2ccccc2)C(C2CC2)CN1. The number of rotatable bonds is 6. The van der Waals surface area contributed by atoms with E-state index in [1.807, 2.05) is 0 Å². The Labute approximate surface area is 129 Å². The first kappa shape index (κ1) is 15.1. The standard InChI is InChI=1S/C19H30N2/c1-15(2)12-18-14-21(19(13-20-18)17-8-9-17)11-10-16-6-4-3-5-7-16/h3-7,15,17-20H,8-14H2,1-2H3. The molecule has 1 saturated heterocycles. The van der Waals surface area contributed by atoms with Gasteiger partial charge >= 0.3 is 0 Å². The number of piperazine rings is 1. The topological polar surface area (TPSA) is 15.3 Å². The van der Waals surface area contributed by atoms with E-state index in [4.69, 9.17) is 0 Å². The summed E-state index contributed by atoms with van der Waals surface area (Å²) in [7, 11) is 0. The summed E-state index contributed by atoms with van der Waals surface area (Å²) >= 11 is 0. The maximum atomic E-state index is 3.81. The molecular formula is C19H30N2. The van der Waals surface area contributed by atoms with Crippen LogP contribution in [0.1, 0.15) is 38.7 Å². The van der Waals surface area contributed by atoms with Gasteiger partial charge in [0, 0.05) is 31.7 Å². The van der Waals surface area contributed by atoms with Crippen LogP contribution in [0.25, 0.3) is 0 Å². The molecule has 0 aromatic heterocycles. The molecule has 2 aliphatic rings. The van der Waals surface area contributed by atoms with Crippen LogP contribution in [0.4, 0.5) is 0 Å². The van der Waals surface area contributed by atoms with Crippen molar-refractivity contribution < 1.29 is 0 Å². The fourth-order valence-corrected chi connectivity index (χ4v) is 3.75. The van der Waals surface area contributed by atoms with E-state index < -0.39 is 0 Å². The molecule has 21 heavy (non-hydrogen) atoms. The van der Waals surface area contributed by atoms with Crippen molar-refractivity contribution in [2.24, 2.45) is 11.8 Å². The third kappa shape index (κ3) is 4.31. The van der Waals surface area contributed by atoms with Gasteiger partial charge in [0.1, 0.15) is 0 Å². The molecule has 1 saturated carbocycles. The van der Waals surface area contributed by atoms with Gasteiger partial charge in [0.05, 0.1) is 0 Å². The molecule has 0 bridgehead atoms. The fourth-order valence-electron chi connectivity index (χ4n) is 3.75. The molecule has 1 N–H and O–H groups in total. The quantitative estimate of drug-likeness (QED) is 0.863. The summed E-state index contributed by atoms with van der Waals surface area (Å²) in [6.07, 6.45) is 5.39. The molecule has 116 valence electrons. The van der Waals surface area contributed by atoms with Gasteiger partial charge in [-0.1, -0.05) is 44.2 Å². The van der Waals surface area contributed by atoms with Crippen LogP contribution in [0.5, 0.6) is 0 Å². The molecule has 1 aromatic carbocycles. The van der Waals surface area contributed by atoms with Gasteiger partial charge in [-0.15, -0.1) is 0 Å². The highest BCUT2D eigenvalue weighted by Gasteiger charge is 2.38. The van der Waals surface area contributed by atoms with Gasteiger partial charge in [0.15, 0.2) is 0 Å². The third-order valence-electron chi connectivity index (χ3n) is 4.99. The van der Waals surface area contributed by atoms with Gasteiger partial charge in [0.25, 0.3) is 0 Å². The summed E-state index contributed by atoms with van der Waals surface area (Å²) < 4.78 is 0. The molecule has 2 atom stereocenters. The molecule has 1 aliphatic carbocycles. The van der Waals surface area contributed by atoms with Crippen molar-refractivity contribution in [3.05, 3.63) is 35.9 Å². The van der Waals surface area contributed by atoms with Crippen molar-refractivity contribution in [2.75, 3.05) is 19.6 Å². The summed E-state index contributed by atoms with van der Waals surface area (Å²) in [5.74, 6) is 1.75. The van der Waals surface area contributed by atoms with Crippen LogP contribution in [-0.2, 0) is 6.42 Å². The molecular weight excluding hydrogens is 256 g/mol. The Bertz CT molecular complexity index is 424. The van der Waals surface area contributed by atoms with Gasteiger partial charge in [-0.05, 0) is 43.1 Å². The van der Waals surface area contributed by atoms with Crippen molar-refractivity contribution in [2.45, 2.75) is 51.6 Å². The number of nitrogens with zero attached hydrogens (tertiary/aromatic N) is 1. The number of hydrogen-bond acceptors (Lipinski definition) is 2. The molecule has 0 radical (unpaired) electrons. The first-order chi connectivity index (χ1) is 10.2. The first-order valence-corrected chi connectivity index (χ1v) is 8.73. The largest absolute Gasteiger partial charge is 0.311 e. The van der Waals surface area contributed by atoms with Crippen LogP contribution in [0, 0.1) is 11.8 Å². The van der Waals surface area contributed by atoms with E-state index in [1.54, 1.807) is 0 Å². The second-order valence-corrected chi connectivity index (χ2v) is 7.37. The summed E-state index contributed by atoms with van der Waals surface area (Å²) in [5, 5.41) is 3.81. The predicted molar refractivity (Wildman–Crippen MR) is 89.5 cm³/mol. The maximum absolute atomic E-state index is 3.81. The Morgan fingerprint density at radius 3 is 2.62 bits per heavy atom. The number of hydrogen-bond donors (Lipinski definition) is 1. The average Bonchev–Trinajstić information content (AvgIpc) is 3.30. The van der Waals surface area contributed by atoms with E-state index in [0.717, 1.165) is 17.9 Å². The molecule has 1 aliphatic heterocycles. The van der Waals surface area contributed by atoms with Gasteiger partial charge in [-0.3, -0.25) is 4.90 Å². The highest BCUT2D eigenvalue weighted by Crippen LogP contribution is 2.36. The zero-order valence-corrected chi connectivity index (χ0v) is 13.6. The number of nitrogens with one attached hydrogen (secondary N) is 1. The van der Waals surface area contributed by atoms with E-state index in [1.165, 1.54) is 50.9 Å². The van der Waals surface area contributed by atoms with Gasteiger partial charge < -0.3 is 5.32 Å². The monoisotopic (exact) mass is 286 g/mol. The lowest BCUT2D eigenvalue weighted by atomic mass is 9.97. The van der Waals surface area contributed by atoms with Gasteiger partial charge in [0.2, 0.25) is 0 Å². The minimum Gasteiger partial charge on any atom is -0.311 e. The van der Waals surface area contributed by atoms with Crippen molar-refractivity contribution >= 4 is 0 Å². The molecule has 3 rings (SSSR count). The minimum absolute atomic E-state index is 0.691. The Morgan fingerprint density at radius 1 is 1.19 bits per heavy atom. The highest BCUT2D eigenvalue weighted by molar-refractivity contribution is 5.15. The Hall–Kier alpha value is -0.860. The van der Waals surface area contributed by atoms with Crippen LogP contribution in [0.15, 0.2) is 30.3 Å². The predicted octanol–water partition coefficient (Wildman–Crippen LogP) is 3.33. The van der Waals surface area contributed by atoms with Crippen molar-refractivity contribution in [1.82, 2.24) is 10.2 Å². The van der Waals surface area contributed by atoms with Crippen LogP contribution in [0.2, 0.25) is 0 Å². The minimum atomic E-state index is 0.691. The lowest BCUT2D eigenvalue weighted by Crippen LogP contribution is -2.57. The fraction of sp³-hybridized carbons (Fsp3) is 0.684. The molecule has 1 aromatic rings. The average molecular weight is 286 g/mol. The maximum Gasteiger partial charge on any atom is 0.0249 e. The Kier molecular flexibility index (Phi) is 4.97. The zero-order valence-electron chi connectivity index (χ0n) is 13.6. The van der Waals surface area contributed by atoms with E-state index in [0.29, 0.717) is 6.04 Å². The van der Waals surface area contributed by atoms with Crippen molar-refractivity contribution in [3.8, 4) is 0 Å². The Balaban J connectivity index is 1.57. The van der Waals surface area contributed by atoms with Crippen LogP contribution in [-0.4, -0.2) is 36.6 Å². The van der Waals surface area contributed by atoms with Crippen molar-refractivity contribution in [3.63, 3.8) is 0 Å². The normalized spacial score (nSPS) is 27.2. The highest BCUT2D eigenvalue weighted by atomic mass is 15.2. The summed E-state index contributed by atoms with van der Waals surface area (Å²) in [6.45, 7) is 8.34. The zero-order chi connectivity index (χ0) is 14.7. The number of benzene rings is 1. The van der Waals surface area contributed by atoms with Crippen LogP contribution in [0.3, 0.4) is 0 Å². The van der Waals surface area contributed by atoms with E-state index in [-0.39, 0.29) is 0 Å². The van der Waals surface area contributed by atoms with Crippen LogP contribution >= 0.6 is 0 Å². The molecule has 0 amide bonds. The summed E-state index contributed by atoms with van der Waals surface area (Å²) in [5.41, 5.74) is 1.48. The van der Waals surface area contributed by atoms with Gasteiger partial charge in [-0.2, -0.15) is 0 Å². The lowest BCUT2D eigenvalue weighted by molar-refractivity contribution is 0.109. The molecule has 1 heterocycles. The smallest absolute Gasteiger partial charge is 0.0249 e. The molecule has 2 heteroatoms. The molecule has 2 fully saturated rings. The van der Waals surface area contributed by atoms with Gasteiger partial charge in [-0.25, -0.2) is 0 Å². The Morgan fingerprint density at radius 2 is 1.95 bits per heavy atom. The second kappa shape index (κ2) is 6.93. The van der Waals surface area contributed by atoms with E-state index in [2.05, 4.69) is 54.4 Å². The first-order valence-electron chi connectivity index (χ1n) is 8.73. The molecule has 2 unspecified atom stereocenters. The molecule has 0 spiro atoms. The van der Waals surface area contributed by atoms with E-state index >= 15 is 0 Å². The van der Waals surface area contributed by atoms with Crippen LogP contribution < -0.4 is 5.32 Å². The van der Waals surface area contributed by atoms with E-state index in [9.17, 15) is 0 Å². The summed E-state index contributed by atoms with van der Waals surface area (Å²) in [6, 6.07) is 12.4.